The van der Waals surface area contributed by atoms with Gasteiger partial charge in [0.15, 0.2) is 0 Å². The van der Waals surface area contributed by atoms with Gasteiger partial charge in [0.2, 0.25) is 0 Å². The average molecular weight is 222 g/mol. The fraction of sp³-hybridized carbons (Fsp3) is 0.250. The highest BCUT2D eigenvalue weighted by Crippen LogP contribution is 2.18. The molecular weight excluding hydrogens is 211 g/mol. The zero-order chi connectivity index (χ0) is 12.0. The van der Waals surface area contributed by atoms with Gasteiger partial charge in [-0.3, -0.25) is 0 Å². The molecule has 0 saturated heterocycles. The second-order valence-electron chi connectivity index (χ2n) is 2.82. The molecule has 0 amide bonds. The third-order valence-electron chi connectivity index (χ3n) is 1.74. The Morgan fingerprint density at radius 2 is 2.25 bits per heavy atom. The molecule has 1 aromatic carbocycles. The van der Waals surface area contributed by atoms with Gasteiger partial charge in [-0.15, -0.1) is 0 Å². The predicted molar refractivity (Wildman–Crippen MR) is 56.5 cm³/mol. The molecule has 0 N–H and O–H groups in total. The summed E-state index contributed by atoms with van der Waals surface area (Å²) in [6.45, 7) is 1.96. The molecule has 0 saturated carbocycles. The number of carbonyl (C=O) groups excluding carboxylic acids is 1. The molecular formula is C12H11FO3. The summed E-state index contributed by atoms with van der Waals surface area (Å²) in [7, 11) is 1.41. The smallest absolute Gasteiger partial charge is 0.384 e. The molecule has 0 bridgehead atoms. The van der Waals surface area contributed by atoms with Crippen LogP contribution in [0.2, 0.25) is 0 Å². The van der Waals surface area contributed by atoms with Crippen LogP contribution >= 0.6 is 0 Å². The van der Waals surface area contributed by atoms with Crippen molar-refractivity contribution in [3.63, 3.8) is 0 Å². The van der Waals surface area contributed by atoms with Crippen LogP contribution in [0.25, 0.3) is 0 Å². The third kappa shape index (κ3) is 3.28. The minimum absolute atomic E-state index is 0.272. The van der Waals surface area contributed by atoms with E-state index in [1.807, 2.05) is 0 Å². The molecule has 0 fully saturated rings. The molecule has 0 radical (unpaired) electrons. The molecule has 84 valence electrons. The first kappa shape index (κ1) is 12.1. The second kappa shape index (κ2) is 5.76. The number of carbonyl (C=O) groups is 1. The predicted octanol–water partition coefficient (Wildman–Crippen LogP) is 1.75. The monoisotopic (exact) mass is 222 g/mol. The highest BCUT2D eigenvalue weighted by molar-refractivity contribution is 5.89. The lowest BCUT2D eigenvalue weighted by Gasteiger charge is -2.02. The Morgan fingerprint density at radius 3 is 2.88 bits per heavy atom. The Morgan fingerprint density at radius 1 is 1.50 bits per heavy atom. The number of esters is 1. The van der Waals surface area contributed by atoms with E-state index in [1.54, 1.807) is 6.92 Å². The third-order valence-corrected chi connectivity index (χ3v) is 1.74. The molecule has 0 aliphatic rings. The van der Waals surface area contributed by atoms with Crippen molar-refractivity contribution in [1.82, 2.24) is 0 Å². The van der Waals surface area contributed by atoms with Gasteiger partial charge in [0, 0.05) is 12.0 Å². The molecule has 0 spiro atoms. The van der Waals surface area contributed by atoms with Gasteiger partial charge in [-0.05, 0) is 19.1 Å². The van der Waals surface area contributed by atoms with E-state index in [9.17, 15) is 9.18 Å². The Hall–Kier alpha value is -2.02. The zero-order valence-corrected chi connectivity index (χ0v) is 9.04. The van der Waals surface area contributed by atoms with Gasteiger partial charge in [0.25, 0.3) is 0 Å². The molecule has 0 unspecified atom stereocenters. The lowest BCUT2D eigenvalue weighted by Crippen LogP contribution is -1.99. The van der Waals surface area contributed by atoms with Gasteiger partial charge in [0.1, 0.15) is 11.6 Å². The first-order valence-corrected chi connectivity index (χ1v) is 4.69. The Bertz CT molecular complexity index is 443. The van der Waals surface area contributed by atoms with Crippen LogP contribution in [-0.4, -0.2) is 19.7 Å². The quantitative estimate of drug-likeness (QED) is 0.565. The fourth-order valence-electron chi connectivity index (χ4n) is 1.05. The van der Waals surface area contributed by atoms with Crippen molar-refractivity contribution in [3.8, 4) is 17.6 Å². The lowest BCUT2D eigenvalue weighted by molar-refractivity contribution is -0.136. The number of ether oxygens (including phenoxy) is 2. The first-order valence-electron chi connectivity index (χ1n) is 4.69. The van der Waals surface area contributed by atoms with E-state index in [-0.39, 0.29) is 12.4 Å². The molecule has 4 heteroatoms. The molecule has 16 heavy (non-hydrogen) atoms. The fourth-order valence-corrected chi connectivity index (χ4v) is 1.05. The average Bonchev–Trinajstić information content (AvgIpc) is 2.27. The molecule has 1 rings (SSSR count). The van der Waals surface area contributed by atoms with E-state index in [4.69, 9.17) is 4.74 Å². The minimum Gasteiger partial charge on any atom is -0.495 e. The van der Waals surface area contributed by atoms with Crippen molar-refractivity contribution in [2.45, 2.75) is 6.92 Å². The lowest BCUT2D eigenvalue weighted by atomic mass is 10.2. The van der Waals surface area contributed by atoms with Crippen molar-refractivity contribution in [2.75, 3.05) is 13.7 Å². The van der Waals surface area contributed by atoms with Crippen LogP contribution in [-0.2, 0) is 9.53 Å². The Balaban J connectivity index is 2.92. The molecule has 0 atom stereocenters. The minimum atomic E-state index is -0.617. The number of hydrogen-bond donors (Lipinski definition) is 0. The first-order chi connectivity index (χ1) is 7.67. The van der Waals surface area contributed by atoms with Crippen LogP contribution in [0.5, 0.6) is 5.75 Å². The summed E-state index contributed by atoms with van der Waals surface area (Å²) in [5.41, 5.74) is 0.442. The van der Waals surface area contributed by atoms with Crippen molar-refractivity contribution < 1.29 is 18.7 Å². The van der Waals surface area contributed by atoms with Crippen LogP contribution in [0, 0.1) is 17.7 Å². The molecule has 0 heterocycles. The Labute approximate surface area is 93.2 Å². The maximum absolute atomic E-state index is 12.8. The molecule has 0 aliphatic carbocycles. The van der Waals surface area contributed by atoms with Gasteiger partial charge < -0.3 is 9.47 Å². The van der Waals surface area contributed by atoms with E-state index in [0.29, 0.717) is 5.56 Å². The molecule has 3 nitrogen and oxygen atoms in total. The van der Waals surface area contributed by atoms with Crippen molar-refractivity contribution in [2.24, 2.45) is 0 Å². The number of benzene rings is 1. The molecule has 0 aliphatic heterocycles. The summed E-state index contributed by atoms with van der Waals surface area (Å²) >= 11 is 0. The topological polar surface area (TPSA) is 35.5 Å². The van der Waals surface area contributed by atoms with Crippen LogP contribution < -0.4 is 4.74 Å². The summed E-state index contributed by atoms with van der Waals surface area (Å²) in [6, 6.07) is 3.90. The van der Waals surface area contributed by atoms with Crippen LogP contribution in [0.4, 0.5) is 4.39 Å². The largest absolute Gasteiger partial charge is 0.495 e. The number of halogens is 1. The van der Waals surface area contributed by atoms with Crippen molar-refractivity contribution >= 4 is 5.97 Å². The summed E-state index contributed by atoms with van der Waals surface area (Å²) in [5.74, 6) is 4.09. The Kier molecular flexibility index (Phi) is 4.34. The van der Waals surface area contributed by atoms with Gasteiger partial charge >= 0.3 is 5.97 Å². The van der Waals surface area contributed by atoms with Gasteiger partial charge in [0.05, 0.1) is 19.3 Å². The summed E-state index contributed by atoms with van der Waals surface area (Å²) in [6.07, 6.45) is 0. The maximum Gasteiger partial charge on any atom is 0.384 e. The number of hydrogen-bond acceptors (Lipinski definition) is 3. The van der Waals surface area contributed by atoms with E-state index in [1.165, 1.54) is 25.3 Å². The summed E-state index contributed by atoms with van der Waals surface area (Å²) in [5, 5.41) is 0. The maximum atomic E-state index is 12.8. The van der Waals surface area contributed by atoms with E-state index >= 15 is 0 Å². The van der Waals surface area contributed by atoms with E-state index in [2.05, 4.69) is 16.6 Å². The van der Waals surface area contributed by atoms with Crippen molar-refractivity contribution in [1.29, 1.82) is 0 Å². The van der Waals surface area contributed by atoms with Crippen LogP contribution in [0.3, 0.4) is 0 Å². The van der Waals surface area contributed by atoms with E-state index in [0.717, 1.165) is 0 Å². The number of methoxy groups -OCH3 is 1. The second-order valence-corrected chi connectivity index (χ2v) is 2.82. The highest BCUT2D eigenvalue weighted by atomic mass is 19.1. The van der Waals surface area contributed by atoms with Crippen LogP contribution in [0.1, 0.15) is 12.5 Å². The molecule has 1 aromatic rings. The van der Waals surface area contributed by atoms with E-state index < -0.39 is 11.8 Å². The van der Waals surface area contributed by atoms with Crippen LogP contribution in [0.15, 0.2) is 18.2 Å². The molecule has 0 aromatic heterocycles. The van der Waals surface area contributed by atoms with Gasteiger partial charge in [-0.2, -0.15) is 0 Å². The normalized spacial score (nSPS) is 8.94. The van der Waals surface area contributed by atoms with Crippen molar-refractivity contribution in [3.05, 3.63) is 29.6 Å². The zero-order valence-electron chi connectivity index (χ0n) is 9.04. The highest BCUT2D eigenvalue weighted by Gasteiger charge is 2.02. The van der Waals surface area contributed by atoms with Gasteiger partial charge in [-0.1, -0.05) is 5.92 Å². The SMILES string of the molecule is CCOC(=O)C#Cc1ccc(F)cc1OC. The summed E-state index contributed by atoms with van der Waals surface area (Å²) in [4.78, 5) is 11.0. The number of rotatable bonds is 2. The standard InChI is InChI=1S/C12H11FO3/c1-3-16-12(14)7-5-9-4-6-10(13)8-11(9)15-2/h4,6,8H,3H2,1-2H3. The van der Waals surface area contributed by atoms with Gasteiger partial charge in [-0.25, -0.2) is 9.18 Å². The summed E-state index contributed by atoms with van der Waals surface area (Å²) < 4.78 is 22.4.